The molecule has 2 rings (SSSR count). The SMILES string of the molecule is COc1cc(C=Nc2cnccn2)cnc1OC. The Morgan fingerprint density at radius 1 is 1.11 bits per heavy atom. The zero-order chi connectivity index (χ0) is 12.8. The van der Waals surface area contributed by atoms with E-state index in [2.05, 4.69) is 19.9 Å². The van der Waals surface area contributed by atoms with Gasteiger partial charge in [0.1, 0.15) is 0 Å². The standard InChI is InChI=1S/C12H12N4O2/c1-17-10-5-9(7-16-12(10)18-2)6-15-11-8-13-3-4-14-11/h3-8H,1-2H3. The van der Waals surface area contributed by atoms with Crippen LogP contribution >= 0.6 is 0 Å². The average Bonchev–Trinajstić information content (AvgIpc) is 2.45. The molecule has 0 aliphatic rings. The van der Waals surface area contributed by atoms with E-state index in [1.807, 2.05) is 0 Å². The molecule has 0 unspecified atom stereocenters. The maximum atomic E-state index is 5.15. The first kappa shape index (κ1) is 12.0. The molecule has 0 aliphatic heterocycles. The predicted molar refractivity (Wildman–Crippen MR) is 66.6 cm³/mol. The zero-order valence-electron chi connectivity index (χ0n) is 10.1. The van der Waals surface area contributed by atoms with Crippen LogP contribution < -0.4 is 9.47 Å². The van der Waals surface area contributed by atoms with Gasteiger partial charge >= 0.3 is 0 Å². The summed E-state index contributed by atoms with van der Waals surface area (Å²) in [6.45, 7) is 0. The second-order valence-corrected chi connectivity index (χ2v) is 3.30. The minimum absolute atomic E-state index is 0.439. The molecule has 0 amide bonds. The number of hydrogen-bond donors (Lipinski definition) is 0. The monoisotopic (exact) mass is 244 g/mol. The summed E-state index contributed by atoms with van der Waals surface area (Å²) in [5, 5.41) is 0. The van der Waals surface area contributed by atoms with Gasteiger partial charge in [0.05, 0.1) is 20.4 Å². The fourth-order valence-electron chi connectivity index (χ4n) is 1.32. The summed E-state index contributed by atoms with van der Waals surface area (Å²) >= 11 is 0. The zero-order valence-corrected chi connectivity index (χ0v) is 10.1. The molecule has 0 atom stereocenters. The van der Waals surface area contributed by atoms with E-state index < -0.39 is 0 Å². The number of pyridine rings is 1. The van der Waals surface area contributed by atoms with Gasteiger partial charge in [0.2, 0.25) is 0 Å². The van der Waals surface area contributed by atoms with Crippen molar-refractivity contribution in [2.75, 3.05) is 14.2 Å². The van der Waals surface area contributed by atoms with Crippen LogP contribution in [0.3, 0.4) is 0 Å². The van der Waals surface area contributed by atoms with Crippen LogP contribution in [0, 0.1) is 0 Å². The van der Waals surface area contributed by atoms with Crippen molar-refractivity contribution in [3.8, 4) is 11.6 Å². The summed E-state index contributed by atoms with van der Waals surface area (Å²) in [6, 6.07) is 1.78. The predicted octanol–water partition coefficient (Wildman–Crippen LogP) is 1.64. The molecule has 6 nitrogen and oxygen atoms in total. The van der Waals surface area contributed by atoms with Crippen molar-refractivity contribution in [3.63, 3.8) is 0 Å². The van der Waals surface area contributed by atoms with Crippen LogP contribution in [0.1, 0.15) is 5.56 Å². The fraction of sp³-hybridized carbons (Fsp3) is 0.167. The Balaban J connectivity index is 2.22. The number of ether oxygens (including phenoxy) is 2. The maximum Gasteiger partial charge on any atom is 0.256 e. The molecule has 18 heavy (non-hydrogen) atoms. The molecule has 0 fully saturated rings. The van der Waals surface area contributed by atoms with Crippen LogP contribution in [0.2, 0.25) is 0 Å². The van der Waals surface area contributed by atoms with Crippen LogP contribution in [-0.2, 0) is 0 Å². The highest BCUT2D eigenvalue weighted by Crippen LogP contribution is 2.23. The molecule has 0 N–H and O–H groups in total. The van der Waals surface area contributed by atoms with Gasteiger partial charge in [-0.3, -0.25) is 4.98 Å². The lowest BCUT2D eigenvalue weighted by molar-refractivity contribution is 0.343. The molecule has 0 saturated carbocycles. The normalized spacial score (nSPS) is 10.6. The van der Waals surface area contributed by atoms with Crippen LogP contribution in [-0.4, -0.2) is 35.4 Å². The molecule has 6 heteroatoms. The molecular weight excluding hydrogens is 232 g/mol. The van der Waals surface area contributed by atoms with Gasteiger partial charge in [-0.1, -0.05) is 0 Å². The lowest BCUT2D eigenvalue weighted by Gasteiger charge is -2.05. The summed E-state index contributed by atoms with van der Waals surface area (Å²) in [4.78, 5) is 16.2. The smallest absolute Gasteiger partial charge is 0.256 e. The van der Waals surface area contributed by atoms with Crippen molar-refractivity contribution < 1.29 is 9.47 Å². The topological polar surface area (TPSA) is 69.5 Å². The molecule has 0 radical (unpaired) electrons. The van der Waals surface area contributed by atoms with Crippen molar-refractivity contribution in [1.29, 1.82) is 0 Å². The summed E-state index contributed by atoms with van der Waals surface area (Å²) in [5.74, 6) is 1.53. The molecule has 2 aromatic heterocycles. The molecule has 0 spiro atoms. The van der Waals surface area contributed by atoms with E-state index >= 15 is 0 Å². The Morgan fingerprint density at radius 2 is 2.00 bits per heavy atom. The van der Waals surface area contributed by atoms with Crippen molar-refractivity contribution in [2.24, 2.45) is 4.99 Å². The van der Waals surface area contributed by atoms with Gasteiger partial charge in [-0.2, -0.15) is 0 Å². The van der Waals surface area contributed by atoms with Crippen LogP contribution in [0.5, 0.6) is 11.6 Å². The third kappa shape index (κ3) is 2.79. The first-order valence-corrected chi connectivity index (χ1v) is 5.21. The van der Waals surface area contributed by atoms with Gasteiger partial charge in [-0.05, 0) is 6.07 Å². The van der Waals surface area contributed by atoms with Crippen LogP contribution in [0.4, 0.5) is 5.82 Å². The van der Waals surface area contributed by atoms with Gasteiger partial charge < -0.3 is 9.47 Å². The molecule has 2 heterocycles. The number of aliphatic imine (C=N–C) groups is 1. The molecular formula is C12H12N4O2. The lowest BCUT2D eigenvalue weighted by atomic mass is 10.3. The highest BCUT2D eigenvalue weighted by atomic mass is 16.5. The Labute approximate surface area is 104 Å². The largest absolute Gasteiger partial charge is 0.491 e. The van der Waals surface area contributed by atoms with Crippen molar-refractivity contribution in [2.45, 2.75) is 0 Å². The maximum absolute atomic E-state index is 5.15. The van der Waals surface area contributed by atoms with Crippen LogP contribution in [0.25, 0.3) is 0 Å². The number of aromatic nitrogens is 3. The number of rotatable bonds is 4. The molecule has 0 aromatic carbocycles. The van der Waals surface area contributed by atoms with Crippen molar-refractivity contribution >= 4 is 12.0 Å². The van der Waals surface area contributed by atoms with E-state index in [1.165, 1.54) is 7.11 Å². The third-order valence-electron chi connectivity index (χ3n) is 2.15. The molecule has 0 saturated heterocycles. The van der Waals surface area contributed by atoms with E-state index in [9.17, 15) is 0 Å². The van der Waals surface area contributed by atoms with Gasteiger partial charge in [-0.15, -0.1) is 0 Å². The molecule has 2 aromatic rings. The van der Waals surface area contributed by atoms with E-state index in [1.54, 1.807) is 44.2 Å². The number of nitrogens with zero attached hydrogens (tertiary/aromatic N) is 4. The summed E-state index contributed by atoms with van der Waals surface area (Å²) in [7, 11) is 3.10. The van der Waals surface area contributed by atoms with E-state index in [0.29, 0.717) is 17.4 Å². The molecule has 0 aliphatic carbocycles. The quantitative estimate of drug-likeness (QED) is 0.765. The van der Waals surface area contributed by atoms with E-state index in [0.717, 1.165) is 5.56 Å². The number of hydrogen-bond acceptors (Lipinski definition) is 6. The lowest BCUT2D eigenvalue weighted by Crippen LogP contribution is -1.95. The highest BCUT2D eigenvalue weighted by Gasteiger charge is 2.04. The fourth-order valence-corrected chi connectivity index (χ4v) is 1.32. The first-order chi connectivity index (χ1) is 8.83. The minimum atomic E-state index is 0.439. The summed E-state index contributed by atoms with van der Waals surface area (Å²) in [6.07, 6.45) is 8.03. The first-order valence-electron chi connectivity index (χ1n) is 5.21. The highest BCUT2D eigenvalue weighted by molar-refractivity contribution is 5.81. The molecule has 0 bridgehead atoms. The minimum Gasteiger partial charge on any atom is -0.491 e. The number of methoxy groups -OCH3 is 2. The van der Waals surface area contributed by atoms with Gasteiger partial charge in [0, 0.05) is 30.4 Å². The van der Waals surface area contributed by atoms with E-state index in [4.69, 9.17) is 9.47 Å². The summed E-state index contributed by atoms with van der Waals surface area (Å²) < 4.78 is 10.2. The Kier molecular flexibility index (Phi) is 3.80. The Bertz CT molecular complexity index is 543. The molecule has 92 valence electrons. The second kappa shape index (κ2) is 5.72. The Hall–Kier alpha value is -2.50. The van der Waals surface area contributed by atoms with Gasteiger partial charge in [-0.25, -0.2) is 15.0 Å². The van der Waals surface area contributed by atoms with E-state index in [-0.39, 0.29) is 0 Å². The van der Waals surface area contributed by atoms with Crippen molar-refractivity contribution in [1.82, 2.24) is 15.0 Å². The van der Waals surface area contributed by atoms with Gasteiger partial charge in [0.25, 0.3) is 5.88 Å². The van der Waals surface area contributed by atoms with Crippen molar-refractivity contribution in [3.05, 3.63) is 36.4 Å². The summed E-state index contributed by atoms with van der Waals surface area (Å²) in [5.41, 5.74) is 0.790. The van der Waals surface area contributed by atoms with Gasteiger partial charge in [0.15, 0.2) is 11.6 Å². The average molecular weight is 244 g/mol. The third-order valence-corrected chi connectivity index (χ3v) is 2.15. The Morgan fingerprint density at radius 3 is 2.67 bits per heavy atom. The second-order valence-electron chi connectivity index (χ2n) is 3.30. The van der Waals surface area contributed by atoms with Crippen LogP contribution in [0.15, 0.2) is 35.8 Å².